The predicted octanol–water partition coefficient (Wildman–Crippen LogP) is -0.168. The minimum absolute atomic E-state index is 0.194. The number of carbonyl (C=O) groups is 1. The molecule has 1 rings (SSSR count). The van der Waals surface area contributed by atoms with Gasteiger partial charge in [-0.05, 0) is 13.8 Å². The van der Waals surface area contributed by atoms with E-state index in [9.17, 15) is 4.79 Å². The lowest BCUT2D eigenvalue weighted by molar-refractivity contribution is 0.122. The van der Waals surface area contributed by atoms with E-state index in [1.54, 1.807) is 0 Å². The molecule has 0 aliphatic carbocycles. The Bertz CT molecular complexity index is 156. The molecule has 3 N–H and O–H groups in total. The zero-order valence-electron chi connectivity index (χ0n) is 6.18. The van der Waals surface area contributed by atoms with Gasteiger partial charge in [0.25, 0.3) is 0 Å². The van der Waals surface area contributed by atoms with E-state index < -0.39 is 0 Å². The zero-order chi connectivity index (χ0) is 7.78. The summed E-state index contributed by atoms with van der Waals surface area (Å²) < 4.78 is 4.85. The highest BCUT2D eigenvalue weighted by molar-refractivity contribution is 5.71. The number of hydrogen-bond acceptors (Lipinski definition) is 3. The van der Waals surface area contributed by atoms with Crippen molar-refractivity contribution in [3.05, 3.63) is 0 Å². The van der Waals surface area contributed by atoms with Crippen molar-refractivity contribution in [3.63, 3.8) is 0 Å². The summed E-state index contributed by atoms with van der Waals surface area (Å²) in [5.41, 5.74) is 5.04. The van der Waals surface area contributed by atoms with Gasteiger partial charge in [-0.25, -0.2) is 4.79 Å². The van der Waals surface area contributed by atoms with Gasteiger partial charge in [-0.1, -0.05) is 0 Å². The summed E-state index contributed by atoms with van der Waals surface area (Å²) in [6.45, 7) is 4.14. The highest BCUT2D eigenvalue weighted by atomic mass is 16.6. The third kappa shape index (κ3) is 1.07. The summed E-state index contributed by atoms with van der Waals surface area (Å²) in [6, 6.07) is 0. The van der Waals surface area contributed by atoms with Crippen LogP contribution in [0.2, 0.25) is 0 Å². The van der Waals surface area contributed by atoms with E-state index in [1.165, 1.54) is 0 Å². The van der Waals surface area contributed by atoms with Gasteiger partial charge in [0, 0.05) is 6.54 Å². The van der Waals surface area contributed by atoms with Crippen LogP contribution in [0.1, 0.15) is 13.8 Å². The van der Waals surface area contributed by atoms with Crippen molar-refractivity contribution in [1.82, 2.24) is 5.32 Å². The van der Waals surface area contributed by atoms with Gasteiger partial charge in [0.15, 0.2) is 0 Å². The molecule has 1 heterocycles. The van der Waals surface area contributed by atoms with Crippen molar-refractivity contribution in [2.75, 3.05) is 6.54 Å². The number of ether oxygens (including phenoxy) is 1. The first-order valence-corrected chi connectivity index (χ1v) is 3.25. The largest absolute Gasteiger partial charge is 0.442 e. The Kier molecular flexibility index (Phi) is 1.56. The van der Waals surface area contributed by atoms with Crippen molar-refractivity contribution < 1.29 is 9.53 Å². The zero-order valence-corrected chi connectivity index (χ0v) is 6.18. The number of carbonyl (C=O) groups excluding carboxylic acids is 1. The first-order valence-electron chi connectivity index (χ1n) is 3.25. The molecule has 0 spiro atoms. The molecule has 0 aromatic rings. The standard InChI is InChI=1S/C6H12N2O2/c1-6(2)4(3-7)10-5(9)8-6/h4H,3,7H2,1-2H3,(H,8,9). The molecule has 0 radical (unpaired) electrons. The number of cyclic esters (lactones) is 1. The molecule has 1 aliphatic rings. The quantitative estimate of drug-likeness (QED) is 0.537. The van der Waals surface area contributed by atoms with Crippen molar-refractivity contribution in [1.29, 1.82) is 0 Å². The molecule has 1 atom stereocenters. The van der Waals surface area contributed by atoms with Crippen molar-refractivity contribution in [2.45, 2.75) is 25.5 Å². The van der Waals surface area contributed by atoms with E-state index in [4.69, 9.17) is 10.5 Å². The van der Waals surface area contributed by atoms with E-state index >= 15 is 0 Å². The first kappa shape index (κ1) is 7.34. The molecule has 1 fully saturated rings. The third-order valence-corrected chi connectivity index (χ3v) is 1.69. The molecule has 1 saturated heterocycles. The lowest BCUT2D eigenvalue weighted by atomic mass is 9.99. The molecular formula is C6H12N2O2. The molecular weight excluding hydrogens is 132 g/mol. The van der Waals surface area contributed by atoms with Crippen LogP contribution in [0, 0.1) is 0 Å². The van der Waals surface area contributed by atoms with Crippen LogP contribution < -0.4 is 11.1 Å². The van der Waals surface area contributed by atoms with E-state index in [2.05, 4.69) is 5.32 Å². The molecule has 10 heavy (non-hydrogen) atoms. The molecule has 1 unspecified atom stereocenters. The summed E-state index contributed by atoms with van der Waals surface area (Å²) in [4.78, 5) is 10.6. The Morgan fingerprint density at radius 1 is 1.80 bits per heavy atom. The minimum atomic E-state index is -0.375. The second kappa shape index (κ2) is 2.12. The van der Waals surface area contributed by atoms with E-state index in [-0.39, 0.29) is 17.7 Å². The normalized spacial score (nSPS) is 29.5. The topological polar surface area (TPSA) is 64.3 Å². The molecule has 0 saturated carbocycles. The summed E-state index contributed by atoms with van der Waals surface area (Å²) >= 11 is 0. The van der Waals surface area contributed by atoms with Crippen molar-refractivity contribution in [2.24, 2.45) is 5.73 Å². The van der Waals surface area contributed by atoms with Crippen LogP contribution in [0.3, 0.4) is 0 Å². The monoisotopic (exact) mass is 144 g/mol. The second-order valence-electron chi connectivity index (χ2n) is 2.98. The SMILES string of the molecule is CC1(C)NC(=O)OC1CN. The number of nitrogens with two attached hydrogens (primary N) is 1. The number of hydrogen-bond donors (Lipinski definition) is 2. The Hall–Kier alpha value is -0.770. The Morgan fingerprint density at radius 2 is 2.40 bits per heavy atom. The predicted molar refractivity (Wildman–Crippen MR) is 36.5 cm³/mol. The summed E-state index contributed by atoms with van der Waals surface area (Å²) in [5.74, 6) is 0. The van der Waals surface area contributed by atoms with Crippen LogP contribution in [-0.2, 0) is 4.74 Å². The van der Waals surface area contributed by atoms with Crippen LogP contribution in [-0.4, -0.2) is 24.3 Å². The van der Waals surface area contributed by atoms with E-state index in [0.29, 0.717) is 6.54 Å². The molecule has 0 aromatic heterocycles. The van der Waals surface area contributed by atoms with Crippen LogP contribution in [0.5, 0.6) is 0 Å². The smallest absolute Gasteiger partial charge is 0.408 e. The number of nitrogens with one attached hydrogen (secondary N) is 1. The average molecular weight is 144 g/mol. The lowest BCUT2D eigenvalue weighted by Crippen LogP contribution is -2.45. The molecule has 0 aromatic carbocycles. The van der Waals surface area contributed by atoms with Crippen LogP contribution >= 0.6 is 0 Å². The average Bonchev–Trinajstić information content (AvgIpc) is 2.04. The maximum absolute atomic E-state index is 10.6. The van der Waals surface area contributed by atoms with Gasteiger partial charge in [-0.3, -0.25) is 0 Å². The lowest BCUT2D eigenvalue weighted by Gasteiger charge is -2.21. The highest BCUT2D eigenvalue weighted by Crippen LogP contribution is 2.18. The van der Waals surface area contributed by atoms with Crippen LogP contribution in [0.15, 0.2) is 0 Å². The maximum Gasteiger partial charge on any atom is 0.408 e. The Labute approximate surface area is 59.7 Å². The van der Waals surface area contributed by atoms with Gasteiger partial charge in [0.2, 0.25) is 0 Å². The van der Waals surface area contributed by atoms with Crippen molar-refractivity contribution in [3.8, 4) is 0 Å². The third-order valence-electron chi connectivity index (χ3n) is 1.69. The fourth-order valence-electron chi connectivity index (χ4n) is 0.992. The number of rotatable bonds is 1. The van der Waals surface area contributed by atoms with Gasteiger partial charge in [-0.2, -0.15) is 0 Å². The molecule has 4 nitrogen and oxygen atoms in total. The summed E-state index contributed by atoms with van der Waals surface area (Å²) in [7, 11) is 0. The molecule has 0 bridgehead atoms. The van der Waals surface area contributed by atoms with Gasteiger partial charge in [0.05, 0.1) is 5.54 Å². The molecule has 1 aliphatic heterocycles. The fourth-order valence-corrected chi connectivity index (χ4v) is 0.992. The van der Waals surface area contributed by atoms with E-state index in [0.717, 1.165) is 0 Å². The van der Waals surface area contributed by atoms with Gasteiger partial charge >= 0.3 is 6.09 Å². The first-order chi connectivity index (χ1) is 4.56. The van der Waals surface area contributed by atoms with Gasteiger partial charge in [0.1, 0.15) is 6.10 Å². The Morgan fingerprint density at radius 3 is 2.60 bits per heavy atom. The van der Waals surface area contributed by atoms with Gasteiger partial charge < -0.3 is 15.8 Å². The van der Waals surface area contributed by atoms with Crippen LogP contribution in [0.25, 0.3) is 0 Å². The molecule has 4 heteroatoms. The number of alkyl carbamates (subject to hydrolysis) is 1. The second-order valence-corrected chi connectivity index (χ2v) is 2.98. The minimum Gasteiger partial charge on any atom is -0.442 e. The molecule has 58 valence electrons. The van der Waals surface area contributed by atoms with Crippen molar-refractivity contribution >= 4 is 6.09 Å². The Balaban J connectivity index is 2.67. The summed E-state index contributed by atoms with van der Waals surface area (Å²) in [6.07, 6.45) is -0.569. The fraction of sp³-hybridized carbons (Fsp3) is 0.833. The molecule has 1 amide bonds. The van der Waals surface area contributed by atoms with E-state index in [1.807, 2.05) is 13.8 Å². The van der Waals surface area contributed by atoms with Crippen LogP contribution in [0.4, 0.5) is 4.79 Å². The summed E-state index contributed by atoms with van der Waals surface area (Å²) in [5, 5.41) is 2.65. The van der Waals surface area contributed by atoms with Gasteiger partial charge in [-0.15, -0.1) is 0 Å². The maximum atomic E-state index is 10.6. The number of amides is 1. The highest BCUT2D eigenvalue weighted by Gasteiger charge is 2.39.